The van der Waals surface area contributed by atoms with Gasteiger partial charge in [0.05, 0.1) is 24.0 Å². The topological polar surface area (TPSA) is 43.4 Å². The quantitative estimate of drug-likeness (QED) is 0.725. The molecule has 29 heavy (non-hydrogen) atoms. The summed E-state index contributed by atoms with van der Waals surface area (Å²) in [7, 11) is 0. The molecule has 3 aliphatic rings. The molecular formula is C26H28O3. The van der Waals surface area contributed by atoms with Crippen LogP contribution in [0.1, 0.15) is 46.6 Å². The van der Waals surface area contributed by atoms with Crippen molar-refractivity contribution in [2.24, 2.45) is 17.8 Å². The summed E-state index contributed by atoms with van der Waals surface area (Å²) >= 11 is 0. The molecule has 0 amide bonds. The zero-order valence-corrected chi connectivity index (χ0v) is 17.4. The molecule has 2 heterocycles. The third kappa shape index (κ3) is 2.90. The SMILES string of the molecule is Cc1cc(C)c(C2C(=O)[C@@H]3[C@@H]4O[C@@H](C[C@H]4CCc4ccccc4)[C@@H]3C2=O)c(C)c1. The van der Waals surface area contributed by atoms with E-state index in [1.807, 2.05) is 19.9 Å². The van der Waals surface area contributed by atoms with Gasteiger partial charge in [0.2, 0.25) is 0 Å². The van der Waals surface area contributed by atoms with Gasteiger partial charge < -0.3 is 4.74 Å². The van der Waals surface area contributed by atoms with E-state index in [4.69, 9.17) is 4.74 Å². The first-order chi connectivity index (χ1) is 14.0. The summed E-state index contributed by atoms with van der Waals surface area (Å²) in [5.41, 5.74) is 5.56. The van der Waals surface area contributed by atoms with Crippen LogP contribution in [0.25, 0.3) is 0 Å². The number of benzene rings is 2. The van der Waals surface area contributed by atoms with E-state index in [-0.39, 0.29) is 35.6 Å². The van der Waals surface area contributed by atoms with Gasteiger partial charge in [0.15, 0.2) is 11.6 Å². The van der Waals surface area contributed by atoms with Crippen LogP contribution in [0.4, 0.5) is 0 Å². The van der Waals surface area contributed by atoms with Crippen molar-refractivity contribution in [2.45, 2.75) is 58.2 Å². The largest absolute Gasteiger partial charge is 0.373 e. The van der Waals surface area contributed by atoms with Crippen molar-refractivity contribution < 1.29 is 14.3 Å². The van der Waals surface area contributed by atoms with E-state index >= 15 is 0 Å². The highest BCUT2D eigenvalue weighted by Crippen LogP contribution is 2.55. The Bertz CT molecular complexity index is 954. The van der Waals surface area contributed by atoms with Crippen molar-refractivity contribution >= 4 is 11.6 Å². The van der Waals surface area contributed by atoms with Crippen LogP contribution in [0.3, 0.4) is 0 Å². The van der Waals surface area contributed by atoms with Gasteiger partial charge in [0, 0.05) is 0 Å². The molecule has 1 unspecified atom stereocenters. The predicted molar refractivity (Wildman–Crippen MR) is 112 cm³/mol. The smallest absolute Gasteiger partial charge is 0.154 e. The first-order valence-corrected chi connectivity index (χ1v) is 10.8. The van der Waals surface area contributed by atoms with E-state index in [1.165, 1.54) is 11.1 Å². The number of carbonyl (C=O) groups is 2. The van der Waals surface area contributed by atoms with Gasteiger partial charge in [-0.15, -0.1) is 0 Å². The fourth-order valence-corrected chi connectivity index (χ4v) is 6.28. The molecule has 2 aliphatic heterocycles. The van der Waals surface area contributed by atoms with E-state index < -0.39 is 5.92 Å². The summed E-state index contributed by atoms with van der Waals surface area (Å²) in [6, 6.07) is 14.7. The van der Waals surface area contributed by atoms with Gasteiger partial charge in [-0.05, 0) is 68.2 Å². The summed E-state index contributed by atoms with van der Waals surface area (Å²) in [5, 5.41) is 0. The number of ketones is 2. The van der Waals surface area contributed by atoms with Crippen molar-refractivity contribution in [3.63, 3.8) is 0 Å². The molecule has 3 heteroatoms. The van der Waals surface area contributed by atoms with Gasteiger partial charge in [-0.3, -0.25) is 9.59 Å². The minimum atomic E-state index is -0.590. The number of aryl methyl sites for hydroxylation is 4. The number of hydrogen-bond donors (Lipinski definition) is 0. The second-order valence-corrected chi connectivity index (χ2v) is 9.26. The maximum atomic E-state index is 13.5. The molecule has 0 spiro atoms. The number of fused-ring (bicyclic) bond motifs is 5. The molecule has 5 rings (SSSR count). The minimum Gasteiger partial charge on any atom is -0.373 e. The number of rotatable bonds is 4. The zero-order valence-electron chi connectivity index (χ0n) is 17.4. The van der Waals surface area contributed by atoms with Crippen LogP contribution >= 0.6 is 0 Å². The summed E-state index contributed by atoms with van der Waals surface area (Å²) < 4.78 is 6.20. The molecule has 3 fully saturated rings. The Hall–Kier alpha value is -2.26. The maximum Gasteiger partial charge on any atom is 0.154 e. The average Bonchev–Trinajstić information content (AvgIpc) is 3.33. The summed E-state index contributed by atoms with van der Waals surface area (Å²) in [5.74, 6) is -0.488. The lowest BCUT2D eigenvalue weighted by atomic mass is 9.73. The second kappa shape index (κ2) is 6.91. The van der Waals surface area contributed by atoms with E-state index in [9.17, 15) is 9.59 Å². The van der Waals surface area contributed by atoms with Gasteiger partial charge in [0.25, 0.3) is 0 Å². The third-order valence-corrected chi connectivity index (χ3v) is 7.37. The van der Waals surface area contributed by atoms with Gasteiger partial charge in [0.1, 0.15) is 5.92 Å². The van der Waals surface area contributed by atoms with Crippen molar-refractivity contribution in [3.05, 3.63) is 70.3 Å². The minimum absolute atomic E-state index is 0.0710. The molecule has 3 nitrogen and oxygen atoms in total. The standard InChI is InChI=1S/C26H28O3/c1-14-11-15(2)20(16(3)12-14)22-24(27)21-19-13-18(26(29-19)23(21)25(22)28)10-9-17-7-5-4-6-8-17/h4-8,11-12,18-19,21-23,26H,9-10,13H2,1-3H3/t18-,19+,21+,22?,23-,26-/m1/s1. The van der Waals surface area contributed by atoms with Crippen LogP contribution in [-0.4, -0.2) is 23.8 Å². The maximum absolute atomic E-state index is 13.5. The molecule has 1 saturated carbocycles. The Kier molecular flexibility index (Phi) is 4.47. The normalized spacial score (nSPS) is 32.8. The summed E-state index contributed by atoms with van der Waals surface area (Å²) in [6.07, 6.45) is 2.77. The molecule has 2 aromatic carbocycles. The van der Waals surface area contributed by atoms with Crippen molar-refractivity contribution in [1.29, 1.82) is 0 Å². The highest BCUT2D eigenvalue weighted by Gasteiger charge is 2.65. The molecule has 2 saturated heterocycles. The number of carbonyl (C=O) groups excluding carboxylic acids is 2. The first kappa shape index (κ1) is 18.7. The molecule has 0 N–H and O–H groups in total. The van der Waals surface area contributed by atoms with Crippen LogP contribution < -0.4 is 0 Å². The number of ether oxygens (including phenoxy) is 1. The first-order valence-electron chi connectivity index (χ1n) is 10.8. The van der Waals surface area contributed by atoms with Gasteiger partial charge in [-0.2, -0.15) is 0 Å². The highest BCUT2D eigenvalue weighted by atomic mass is 16.5. The highest BCUT2D eigenvalue weighted by molar-refractivity contribution is 6.17. The zero-order chi connectivity index (χ0) is 20.3. The molecule has 0 aromatic heterocycles. The van der Waals surface area contributed by atoms with Crippen LogP contribution in [-0.2, 0) is 20.7 Å². The van der Waals surface area contributed by atoms with Gasteiger partial charge in [-0.1, -0.05) is 48.0 Å². The van der Waals surface area contributed by atoms with E-state index in [0.717, 1.165) is 36.0 Å². The third-order valence-electron chi connectivity index (χ3n) is 7.37. The number of Topliss-reactive ketones (excluding diaryl/α,β-unsaturated/α-hetero) is 2. The van der Waals surface area contributed by atoms with Crippen molar-refractivity contribution in [2.75, 3.05) is 0 Å². The second-order valence-electron chi connectivity index (χ2n) is 9.26. The van der Waals surface area contributed by atoms with Gasteiger partial charge in [-0.25, -0.2) is 0 Å². The summed E-state index contributed by atoms with van der Waals surface area (Å²) in [4.78, 5) is 26.9. The lowest BCUT2D eigenvalue weighted by Gasteiger charge is -2.26. The fraction of sp³-hybridized carbons (Fsp3) is 0.462. The Balaban J connectivity index is 1.39. The van der Waals surface area contributed by atoms with E-state index in [0.29, 0.717) is 5.92 Å². The molecule has 2 aromatic rings. The molecule has 6 atom stereocenters. The lowest BCUT2D eigenvalue weighted by Crippen LogP contribution is -2.35. The average molecular weight is 389 g/mol. The van der Waals surface area contributed by atoms with Crippen LogP contribution in [0.15, 0.2) is 42.5 Å². The Morgan fingerprint density at radius 2 is 1.59 bits per heavy atom. The molecule has 2 bridgehead atoms. The number of hydrogen-bond acceptors (Lipinski definition) is 3. The van der Waals surface area contributed by atoms with Crippen LogP contribution in [0, 0.1) is 38.5 Å². The van der Waals surface area contributed by atoms with E-state index in [2.05, 4.69) is 43.3 Å². The predicted octanol–water partition coefficient (Wildman–Crippen LogP) is 4.50. The fourth-order valence-electron chi connectivity index (χ4n) is 6.28. The van der Waals surface area contributed by atoms with Gasteiger partial charge >= 0.3 is 0 Å². The Morgan fingerprint density at radius 3 is 2.28 bits per heavy atom. The molecule has 150 valence electrons. The monoisotopic (exact) mass is 388 g/mol. The van der Waals surface area contributed by atoms with E-state index in [1.54, 1.807) is 0 Å². The van der Waals surface area contributed by atoms with Crippen LogP contribution in [0.5, 0.6) is 0 Å². The summed E-state index contributed by atoms with van der Waals surface area (Å²) in [6.45, 7) is 6.11. The van der Waals surface area contributed by atoms with Crippen molar-refractivity contribution in [3.8, 4) is 0 Å². The van der Waals surface area contributed by atoms with Crippen LogP contribution in [0.2, 0.25) is 0 Å². The molecule has 0 radical (unpaired) electrons. The molecule has 1 aliphatic carbocycles. The Labute approximate surface area is 172 Å². The molecular weight excluding hydrogens is 360 g/mol. The van der Waals surface area contributed by atoms with Crippen molar-refractivity contribution in [1.82, 2.24) is 0 Å². The Morgan fingerprint density at radius 1 is 0.931 bits per heavy atom. The lowest BCUT2D eigenvalue weighted by molar-refractivity contribution is -0.127.